The number of carbonyl (C=O) groups is 1. The van der Waals surface area contributed by atoms with E-state index in [1.807, 2.05) is 24.3 Å². The van der Waals surface area contributed by atoms with E-state index in [1.54, 1.807) is 7.11 Å². The molecule has 1 atom stereocenters. The standard InChI is InChI=1S/C16H26N2O2/c1-3-4-13(11-12-17)5-10-16(19)18-14-6-8-15(20-2)9-7-14/h6-9,13H,3-5,10-12,17H2,1-2H3,(H,18,19). The summed E-state index contributed by atoms with van der Waals surface area (Å²) in [4.78, 5) is 11.9. The summed E-state index contributed by atoms with van der Waals surface area (Å²) in [5.41, 5.74) is 6.41. The van der Waals surface area contributed by atoms with Gasteiger partial charge in [-0.1, -0.05) is 19.8 Å². The van der Waals surface area contributed by atoms with Crippen molar-refractivity contribution in [2.75, 3.05) is 19.0 Å². The van der Waals surface area contributed by atoms with Crippen molar-refractivity contribution in [2.45, 2.75) is 39.0 Å². The topological polar surface area (TPSA) is 64.4 Å². The highest BCUT2D eigenvalue weighted by atomic mass is 16.5. The van der Waals surface area contributed by atoms with Crippen molar-refractivity contribution >= 4 is 11.6 Å². The third kappa shape index (κ3) is 6.06. The number of benzene rings is 1. The van der Waals surface area contributed by atoms with E-state index >= 15 is 0 Å². The van der Waals surface area contributed by atoms with Crippen LogP contribution >= 0.6 is 0 Å². The van der Waals surface area contributed by atoms with E-state index in [9.17, 15) is 4.79 Å². The van der Waals surface area contributed by atoms with Gasteiger partial charge in [0.05, 0.1) is 7.11 Å². The number of methoxy groups -OCH3 is 1. The maximum absolute atomic E-state index is 11.9. The molecule has 0 saturated carbocycles. The molecule has 1 amide bonds. The molecule has 0 aliphatic heterocycles. The van der Waals surface area contributed by atoms with E-state index in [0.29, 0.717) is 18.9 Å². The molecule has 112 valence electrons. The van der Waals surface area contributed by atoms with Crippen LogP contribution < -0.4 is 15.8 Å². The number of rotatable bonds is 9. The minimum absolute atomic E-state index is 0.0632. The van der Waals surface area contributed by atoms with Gasteiger partial charge in [-0.15, -0.1) is 0 Å². The van der Waals surface area contributed by atoms with Gasteiger partial charge < -0.3 is 15.8 Å². The average Bonchev–Trinajstić information content (AvgIpc) is 2.46. The van der Waals surface area contributed by atoms with Gasteiger partial charge in [-0.05, 0) is 49.6 Å². The summed E-state index contributed by atoms with van der Waals surface area (Å²) in [6.45, 7) is 2.87. The van der Waals surface area contributed by atoms with E-state index in [2.05, 4.69) is 12.2 Å². The Morgan fingerprint density at radius 2 is 1.95 bits per heavy atom. The third-order valence-electron chi connectivity index (χ3n) is 3.43. The van der Waals surface area contributed by atoms with Gasteiger partial charge in [0.2, 0.25) is 5.91 Å². The van der Waals surface area contributed by atoms with E-state index in [1.165, 1.54) is 0 Å². The van der Waals surface area contributed by atoms with E-state index in [4.69, 9.17) is 10.5 Å². The molecule has 4 heteroatoms. The number of hydrogen-bond acceptors (Lipinski definition) is 3. The Bertz CT molecular complexity index is 384. The van der Waals surface area contributed by atoms with E-state index in [-0.39, 0.29) is 5.91 Å². The normalized spacial score (nSPS) is 11.9. The number of hydrogen-bond donors (Lipinski definition) is 2. The quantitative estimate of drug-likeness (QED) is 0.729. The highest BCUT2D eigenvalue weighted by Gasteiger charge is 2.10. The van der Waals surface area contributed by atoms with Crippen LogP contribution in [0.5, 0.6) is 5.75 Å². The zero-order valence-electron chi connectivity index (χ0n) is 12.5. The van der Waals surface area contributed by atoms with E-state index in [0.717, 1.165) is 37.1 Å². The van der Waals surface area contributed by atoms with Crippen molar-refractivity contribution < 1.29 is 9.53 Å². The maximum atomic E-state index is 11.9. The number of ether oxygens (including phenoxy) is 1. The van der Waals surface area contributed by atoms with Crippen LogP contribution in [0.15, 0.2) is 24.3 Å². The molecule has 0 fully saturated rings. The number of anilines is 1. The molecule has 20 heavy (non-hydrogen) atoms. The van der Waals surface area contributed by atoms with Crippen molar-refractivity contribution in [2.24, 2.45) is 11.7 Å². The SMILES string of the molecule is CCCC(CCN)CCC(=O)Nc1ccc(OC)cc1. The molecule has 0 spiro atoms. The van der Waals surface area contributed by atoms with Crippen LogP contribution in [0.25, 0.3) is 0 Å². The first-order valence-electron chi connectivity index (χ1n) is 7.33. The number of amides is 1. The van der Waals surface area contributed by atoms with Crippen LogP contribution in [0, 0.1) is 5.92 Å². The fourth-order valence-corrected chi connectivity index (χ4v) is 2.31. The first-order valence-corrected chi connectivity index (χ1v) is 7.33. The minimum atomic E-state index is 0.0632. The molecule has 0 heterocycles. The smallest absolute Gasteiger partial charge is 0.224 e. The lowest BCUT2D eigenvalue weighted by atomic mass is 9.94. The molecule has 0 bridgehead atoms. The lowest BCUT2D eigenvalue weighted by Crippen LogP contribution is -2.15. The van der Waals surface area contributed by atoms with Gasteiger partial charge in [-0.2, -0.15) is 0 Å². The van der Waals surface area contributed by atoms with Crippen molar-refractivity contribution in [1.29, 1.82) is 0 Å². The molecule has 1 aromatic rings. The highest BCUT2D eigenvalue weighted by Crippen LogP contribution is 2.19. The van der Waals surface area contributed by atoms with E-state index < -0.39 is 0 Å². The monoisotopic (exact) mass is 278 g/mol. The predicted octanol–water partition coefficient (Wildman–Crippen LogP) is 3.18. The van der Waals surface area contributed by atoms with Crippen LogP contribution in [0.2, 0.25) is 0 Å². The summed E-state index contributed by atoms with van der Waals surface area (Å²) in [7, 11) is 1.62. The molecule has 0 aliphatic rings. The summed E-state index contributed by atoms with van der Waals surface area (Å²) in [5.74, 6) is 1.41. The van der Waals surface area contributed by atoms with Crippen molar-refractivity contribution in [1.82, 2.24) is 0 Å². The van der Waals surface area contributed by atoms with Crippen molar-refractivity contribution in [3.05, 3.63) is 24.3 Å². The van der Waals surface area contributed by atoms with Gasteiger partial charge in [0, 0.05) is 12.1 Å². The molecular weight excluding hydrogens is 252 g/mol. The highest BCUT2D eigenvalue weighted by molar-refractivity contribution is 5.90. The van der Waals surface area contributed by atoms with Crippen LogP contribution in [0.3, 0.4) is 0 Å². The van der Waals surface area contributed by atoms with Gasteiger partial charge in [-0.25, -0.2) is 0 Å². The molecule has 1 unspecified atom stereocenters. The summed E-state index contributed by atoms with van der Waals surface area (Å²) in [5, 5.41) is 2.91. The van der Waals surface area contributed by atoms with Gasteiger partial charge in [0.15, 0.2) is 0 Å². The molecule has 4 nitrogen and oxygen atoms in total. The predicted molar refractivity (Wildman–Crippen MR) is 82.9 cm³/mol. The Labute approximate surface area is 121 Å². The molecule has 0 aliphatic carbocycles. The van der Waals surface area contributed by atoms with Gasteiger partial charge in [0.1, 0.15) is 5.75 Å². The van der Waals surface area contributed by atoms with Gasteiger partial charge >= 0.3 is 0 Å². The van der Waals surface area contributed by atoms with Gasteiger partial charge in [0.25, 0.3) is 0 Å². The zero-order chi connectivity index (χ0) is 14.8. The molecular formula is C16H26N2O2. The average molecular weight is 278 g/mol. The Morgan fingerprint density at radius 1 is 1.25 bits per heavy atom. The van der Waals surface area contributed by atoms with Crippen LogP contribution in [0.4, 0.5) is 5.69 Å². The summed E-state index contributed by atoms with van der Waals surface area (Å²) < 4.78 is 5.08. The lowest BCUT2D eigenvalue weighted by molar-refractivity contribution is -0.116. The number of nitrogens with one attached hydrogen (secondary N) is 1. The Morgan fingerprint density at radius 3 is 2.50 bits per heavy atom. The first-order chi connectivity index (χ1) is 9.69. The van der Waals surface area contributed by atoms with Crippen molar-refractivity contribution in [3.8, 4) is 5.75 Å². The molecule has 0 saturated heterocycles. The molecule has 1 aromatic carbocycles. The Kier molecular flexibility index (Phi) is 7.73. The second-order valence-corrected chi connectivity index (χ2v) is 5.05. The van der Waals surface area contributed by atoms with Crippen LogP contribution in [-0.2, 0) is 4.79 Å². The Hall–Kier alpha value is -1.55. The number of nitrogens with two attached hydrogens (primary N) is 1. The number of carbonyl (C=O) groups excluding carboxylic acids is 1. The van der Waals surface area contributed by atoms with Crippen molar-refractivity contribution in [3.63, 3.8) is 0 Å². The summed E-state index contributed by atoms with van der Waals surface area (Å²) in [6.07, 6.45) is 4.76. The van der Waals surface area contributed by atoms with Gasteiger partial charge in [-0.3, -0.25) is 4.79 Å². The second kappa shape index (κ2) is 9.37. The third-order valence-corrected chi connectivity index (χ3v) is 3.43. The largest absolute Gasteiger partial charge is 0.497 e. The maximum Gasteiger partial charge on any atom is 0.224 e. The first kappa shape index (κ1) is 16.5. The fourth-order valence-electron chi connectivity index (χ4n) is 2.31. The summed E-state index contributed by atoms with van der Waals surface area (Å²) in [6, 6.07) is 7.37. The molecule has 1 rings (SSSR count). The van der Waals surface area contributed by atoms with Crippen LogP contribution in [0.1, 0.15) is 39.0 Å². The second-order valence-electron chi connectivity index (χ2n) is 5.05. The van der Waals surface area contributed by atoms with Crippen LogP contribution in [-0.4, -0.2) is 19.6 Å². The fraction of sp³-hybridized carbons (Fsp3) is 0.562. The lowest BCUT2D eigenvalue weighted by Gasteiger charge is -2.14. The summed E-state index contributed by atoms with van der Waals surface area (Å²) >= 11 is 0. The Balaban J connectivity index is 2.38. The molecule has 3 N–H and O–H groups in total. The molecule has 0 radical (unpaired) electrons. The zero-order valence-corrected chi connectivity index (χ0v) is 12.5. The minimum Gasteiger partial charge on any atom is -0.497 e. The molecule has 0 aromatic heterocycles.